The Bertz CT molecular complexity index is 448. The molecule has 1 unspecified atom stereocenters. The van der Waals surface area contributed by atoms with Crippen molar-refractivity contribution in [3.05, 3.63) is 35.9 Å². The average Bonchev–Trinajstić information content (AvgIpc) is 2.45. The van der Waals surface area contributed by atoms with Crippen molar-refractivity contribution in [1.29, 1.82) is 0 Å². The molecular formula is C15H22N3O2+. The van der Waals surface area contributed by atoms with Crippen LogP contribution in [0.2, 0.25) is 0 Å². The van der Waals surface area contributed by atoms with Gasteiger partial charge in [-0.15, -0.1) is 0 Å². The van der Waals surface area contributed by atoms with Gasteiger partial charge < -0.3 is 15.5 Å². The van der Waals surface area contributed by atoms with E-state index in [0.717, 1.165) is 24.3 Å². The Kier molecular flexibility index (Phi) is 5.55. The van der Waals surface area contributed by atoms with E-state index in [9.17, 15) is 9.59 Å². The molecule has 0 radical (unpaired) electrons. The van der Waals surface area contributed by atoms with Gasteiger partial charge in [-0.1, -0.05) is 30.3 Å². The molecule has 0 spiro atoms. The molecular weight excluding hydrogens is 254 g/mol. The molecule has 0 saturated carbocycles. The van der Waals surface area contributed by atoms with Gasteiger partial charge in [0.15, 0.2) is 13.1 Å². The van der Waals surface area contributed by atoms with E-state index in [1.54, 1.807) is 0 Å². The number of piperazine rings is 1. The normalized spacial score (nSPS) is 18.4. The molecule has 0 aliphatic carbocycles. The molecule has 2 amide bonds. The van der Waals surface area contributed by atoms with Crippen molar-refractivity contribution < 1.29 is 14.5 Å². The molecule has 5 nitrogen and oxygen atoms in total. The summed E-state index contributed by atoms with van der Waals surface area (Å²) in [7, 11) is 0. The predicted molar refractivity (Wildman–Crippen MR) is 76.3 cm³/mol. The molecule has 20 heavy (non-hydrogen) atoms. The standard InChI is InChI=1S/C15H21N3O2/c19-14(11-18-10-9-17-15(20)12-18)16-8-4-7-13-5-2-1-3-6-13/h1-3,5-6H,4,7-12H2,(H,16,19)(H,17,20)/p+1. The van der Waals surface area contributed by atoms with E-state index in [1.165, 1.54) is 5.56 Å². The summed E-state index contributed by atoms with van der Waals surface area (Å²) < 4.78 is 0. The Morgan fingerprint density at radius 3 is 2.85 bits per heavy atom. The van der Waals surface area contributed by atoms with E-state index in [1.807, 2.05) is 18.2 Å². The van der Waals surface area contributed by atoms with E-state index >= 15 is 0 Å². The van der Waals surface area contributed by atoms with Gasteiger partial charge in [0.1, 0.15) is 0 Å². The minimum Gasteiger partial charge on any atom is -0.351 e. The maximum absolute atomic E-state index is 11.8. The fourth-order valence-electron chi connectivity index (χ4n) is 2.36. The smallest absolute Gasteiger partial charge is 0.275 e. The summed E-state index contributed by atoms with van der Waals surface area (Å²) in [6.45, 7) is 2.96. The number of carbonyl (C=O) groups is 2. The van der Waals surface area contributed by atoms with Gasteiger partial charge in [0.25, 0.3) is 11.8 Å². The number of carbonyl (C=O) groups excluding carboxylic acids is 2. The number of amides is 2. The zero-order valence-corrected chi connectivity index (χ0v) is 11.7. The molecule has 0 bridgehead atoms. The van der Waals surface area contributed by atoms with E-state index in [2.05, 4.69) is 22.8 Å². The Balaban J connectivity index is 1.59. The summed E-state index contributed by atoms with van der Waals surface area (Å²) in [6, 6.07) is 10.2. The van der Waals surface area contributed by atoms with Crippen LogP contribution in [-0.4, -0.2) is 44.5 Å². The largest absolute Gasteiger partial charge is 0.351 e. The lowest BCUT2D eigenvalue weighted by Crippen LogP contribution is -3.16. The van der Waals surface area contributed by atoms with Crippen LogP contribution in [0.1, 0.15) is 12.0 Å². The molecule has 1 aromatic rings. The van der Waals surface area contributed by atoms with Gasteiger partial charge in [0, 0.05) is 6.54 Å². The Hall–Kier alpha value is -1.88. The van der Waals surface area contributed by atoms with Crippen LogP contribution < -0.4 is 15.5 Å². The average molecular weight is 276 g/mol. The van der Waals surface area contributed by atoms with Gasteiger partial charge in [-0.3, -0.25) is 9.59 Å². The third-order valence-electron chi connectivity index (χ3n) is 3.43. The van der Waals surface area contributed by atoms with E-state index in [-0.39, 0.29) is 11.8 Å². The van der Waals surface area contributed by atoms with E-state index in [0.29, 0.717) is 26.2 Å². The van der Waals surface area contributed by atoms with Gasteiger partial charge in [-0.25, -0.2) is 0 Å². The first-order valence-corrected chi connectivity index (χ1v) is 7.15. The molecule has 1 saturated heterocycles. The third kappa shape index (κ3) is 5.01. The second kappa shape index (κ2) is 7.65. The van der Waals surface area contributed by atoms with Crippen LogP contribution in [0.4, 0.5) is 0 Å². The predicted octanol–water partition coefficient (Wildman–Crippen LogP) is -1.25. The number of rotatable bonds is 6. The summed E-state index contributed by atoms with van der Waals surface area (Å²) in [5.41, 5.74) is 1.29. The monoisotopic (exact) mass is 276 g/mol. The lowest BCUT2D eigenvalue weighted by Gasteiger charge is -2.22. The van der Waals surface area contributed by atoms with Crippen LogP contribution in [0.25, 0.3) is 0 Å². The zero-order chi connectivity index (χ0) is 14.2. The Morgan fingerprint density at radius 2 is 2.10 bits per heavy atom. The molecule has 1 aromatic carbocycles. The van der Waals surface area contributed by atoms with Crippen LogP contribution >= 0.6 is 0 Å². The Labute approximate surface area is 119 Å². The van der Waals surface area contributed by atoms with Crippen LogP contribution in [0.3, 0.4) is 0 Å². The maximum atomic E-state index is 11.8. The molecule has 1 atom stereocenters. The molecule has 108 valence electrons. The van der Waals surface area contributed by atoms with Crippen molar-refractivity contribution in [1.82, 2.24) is 10.6 Å². The second-order valence-corrected chi connectivity index (χ2v) is 5.14. The molecule has 1 heterocycles. The van der Waals surface area contributed by atoms with Gasteiger partial charge in [-0.2, -0.15) is 0 Å². The third-order valence-corrected chi connectivity index (χ3v) is 3.43. The van der Waals surface area contributed by atoms with Gasteiger partial charge >= 0.3 is 0 Å². The van der Waals surface area contributed by atoms with Crippen molar-refractivity contribution in [2.45, 2.75) is 12.8 Å². The van der Waals surface area contributed by atoms with Crippen molar-refractivity contribution in [3.63, 3.8) is 0 Å². The van der Waals surface area contributed by atoms with Crippen molar-refractivity contribution >= 4 is 11.8 Å². The minimum absolute atomic E-state index is 0.0303. The lowest BCUT2D eigenvalue weighted by molar-refractivity contribution is -0.885. The molecule has 1 aliphatic rings. The summed E-state index contributed by atoms with van der Waals surface area (Å²) in [5.74, 6) is 0.0610. The summed E-state index contributed by atoms with van der Waals surface area (Å²) in [4.78, 5) is 24.0. The number of aryl methyl sites for hydroxylation is 1. The first-order valence-electron chi connectivity index (χ1n) is 7.15. The summed E-state index contributed by atoms with van der Waals surface area (Å²) >= 11 is 0. The topological polar surface area (TPSA) is 62.6 Å². The highest BCUT2D eigenvalue weighted by Gasteiger charge is 2.21. The second-order valence-electron chi connectivity index (χ2n) is 5.14. The lowest BCUT2D eigenvalue weighted by atomic mass is 10.1. The fraction of sp³-hybridized carbons (Fsp3) is 0.467. The fourth-order valence-corrected chi connectivity index (χ4v) is 2.36. The van der Waals surface area contributed by atoms with Crippen LogP contribution in [-0.2, 0) is 16.0 Å². The highest BCUT2D eigenvalue weighted by Crippen LogP contribution is 2.01. The van der Waals surface area contributed by atoms with Gasteiger partial charge in [0.2, 0.25) is 0 Å². The zero-order valence-electron chi connectivity index (χ0n) is 11.7. The highest BCUT2D eigenvalue weighted by atomic mass is 16.2. The number of hydrogen-bond acceptors (Lipinski definition) is 2. The van der Waals surface area contributed by atoms with Crippen molar-refractivity contribution in [3.8, 4) is 0 Å². The van der Waals surface area contributed by atoms with Crippen molar-refractivity contribution in [2.24, 2.45) is 0 Å². The number of hydrogen-bond donors (Lipinski definition) is 3. The van der Waals surface area contributed by atoms with Crippen LogP contribution in [0, 0.1) is 0 Å². The quantitative estimate of drug-likeness (QED) is 0.569. The van der Waals surface area contributed by atoms with Crippen molar-refractivity contribution in [2.75, 3.05) is 32.7 Å². The van der Waals surface area contributed by atoms with Gasteiger partial charge in [0.05, 0.1) is 13.1 Å². The molecule has 1 aliphatic heterocycles. The molecule has 0 aromatic heterocycles. The maximum Gasteiger partial charge on any atom is 0.275 e. The number of benzene rings is 1. The van der Waals surface area contributed by atoms with E-state index < -0.39 is 0 Å². The van der Waals surface area contributed by atoms with Crippen LogP contribution in [0.15, 0.2) is 30.3 Å². The molecule has 3 N–H and O–H groups in total. The van der Waals surface area contributed by atoms with Gasteiger partial charge in [-0.05, 0) is 18.4 Å². The first kappa shape index (κ1) is 14.5. The SMILES string of the molecule is O=C(C[NH+]1CCNC(=O)C1)NCCCc1ccccc1. The molecule has 1 fully saturated rings. The highest BCUT2D eigenvalue weighted by molar-refractivity contribution is 5.79. The molecule has 5 heteroatoms. The summed E-state index contributed by atoms with van der Waals surface area (Å²) in [5, 5.41) is 5.69. The number of quaternary nitrogens is 1. The number of nitrogens with one attached hydrogen (secondary N) is 3. The summed E-state index contributed by atoms with van der Waals surface area (Å²) in [6.07, 6.45) is 1.91. The Morgan fingerprint density at radius 1 is 1.30 bits per heavy atom. The molecule has 2 rings (SSSR count). The van der Waals surface area contributed by atoms with Crippen LogP contribution in [0.5, 0.6) is 0 Å². The van der Waals surface area contributed by atoms with E-state index in [4.69, 9.17) is 0 Å². The first-order chi connectivity index (χ1) is 9.74. The minimum atomic E-state index is 0.0303.